The van der Waals surface area contributed by atoms with Crippen molar-refractivity contribution in [1.82, 2.24) is 14.1 Å². The first-order valence-electron chi connectivity index (χ1n) is 7.21. The van der Waals surface area contributed by atoms with Crippen LogP contribution < -0.4 is 0 Å². The molecule has 2 rings (SSSR count). The molecule has 0 aromatic carbocycles. The summed E-state index contributed by atoms with van der Waals surface area (Å²) in [5.74, 6) is -0.377. The zero-order valence-electron chi connectivity index (χ0n) is 13.6. The maximum atomic E-state index is 12.5. The van der Waals surface area contributed by atoms with Crippen LogP contribution in [-0.2, 0) is 11.3 Å². The molecular weight excluding hydrogens is 300 g/mol. The maximum absolute atomic E-state index is 12.5. The highest BCUT2D eigenvalue weighted by Crippen LogP contribution is 2.21. The summed E-state index contributed by atoms with van der Waals surface area (Å²) < 4.78 is 8.66. The first-order valence-corrected chi connectivity index (χ1v) is 7.21. The van der Waals surface area contributed by atoms with Crippen molar-refractivity contribution in [3.8, 4) is 0 Å². The molecule has 1 atom stereocenters. The molecule has 2 heterocycles. The lowest BCUT2D eigenvalue weighted by atomic mass is 10.1. The summed E-state index contributed by atoms with van der Waals surface area (Å²) in [5.41, 5.74) is 2.46. The number of imidazole rings is 1. The van der Waals surface area contributed by atoms with E-state index in [1.807, 2.05) is 26.8 Å². The Kier molecular flexibility index (Phi) is 4.95. The summed E-state index contributed by atoms with van der Waals surface area (Å²) in [6.45, 7) is 6.43. The molecule has 0 fully saturated rings. The third-order valence-electron chi connectivity index (χ3n) is 3.77. The molecule has 2 aromatic rings. The zero-order chi connectivity index (χ0) is 17.1. The Labute approximate surface area is 133 Å². The summed E-state index contributed by atoms with van der Waals surface area (Å²) >= 11 is 0. The summed E-state index contributed by atoms with van der Waals surface area (Å²) in [7, 11) is 1.64. The van der Waals surface area contributed by atoms with E-state index >= 15 is 0 Å². The van der Waals surface area contributed by atoms with Gasteiger partial charge < -0.3 is 24.0 Å². The number of aryl methyl sites for hydroxylation is 1. The highest BCUT2D eigenvalue weighted by molar-refractivity contribution is 5.97. The predicted molar refractivity (Wildman–Crippen MR) is 83.7 cm³/mol. The minimum Gasteiger partial charge on any atom is -0.383 e. The Morgan fingerprint density at radius 2 is 2.17 bits per heavy atom. The van der Waals surface area contributed by atoms with E-state index in [4.69, 9.17) is 4.74 Å². The number of nitrogens with zero attached hydrogens (tertiary/aromatic N) is 4. The van der Waals surface area contributed by atoms with Gasteiger partial charge in [-0.05, 0) is 36.7 Å². The normalized spacial score (nSPS) is 12.3. The van der Waals surface area contributed by atoms with Crippen molar-refractivity contribution in [3.63, 3.8) is 0 Å². The number of aromatic nitrogens is 3. The molecule has 1 unspecified atom stereocenters. The minimum atomic E-state index is -0.584. The van der Waals surface area contributed by atoms with Gasteiger partial charge in [0.2, 0.25) is 6.33 Å². The van der Waals surface area contributed by atoms with Crippen molar-refractivity contribution >= 4 is 11.6 Å². The number of rotatable bonds is 7. The van der Waals surface area contributed by atoms with E-state index in [0.29, 0.717) is 12.2 Å². The van der Waals surface area contributed by atoms with Gasteiger partial charge in [0.05, 0.1) is 19.2 Å². The number of ether oxygens (including phenoxy) is 1. The topological polar surface area (TPSA) is 92.2 Å². The number of ketones is 1. The van der Waals surface area contributed by atoms with Crippen molar-refractivity contribution in [2.24, 2.45) is 0 Å². The average molecular weight is 320 g/mol. The van der Waals surface area contributed by atoms with Crippen LogP contribution in [-0.4, -0.2) is 38.5 Å². The van der Waals surface area contributed by atoms with Crippen molar-refractivity contribution in [2.75, 3.05) is 13.7 Å². The van der Waals surface area contributed by atoms with E-state index < -0.39 is 4.92 Å². The van der Waals surface area contributed by atoms with Crippen LogP contribution >= 0.6 is 0 Å². The van der Waals surface area contributed by atoms with Crippen LogP contribution in [0.4, 0.5) is 5.82 Å². The van der Waals surface area contributed by atoms with Crippen LogP contribution in [0.3, 0.4) is 0 Å². The van der Waals surface area contributed by atoms with Crippen molar-refractivity contribution < 1.29 is 14.5 Å². The highest BCUT2D eigenvalue weighted by atomic mass is 16.6. The zero-order valence-corrected chi connectivity index (χ0v) is 13.6. The second-order valence-electron chi connectivity index (χ2n) is 5.54. The van der Waals surface area contributed by atoms with E-state index in [1.54, 1.807) is 7.11 Å². The molecule has 0 saturated heterocycles. The summed E-state index contributed by atoms with van der Waals surface area (Å²) in [6.07, 6.45) is 2.55. The number of carbonyl (C=O) groups excluding carboxylic acids is 1. The molecule has 0 aliphatic rings. The Morgan fingerprint density at radius 1 is 1.48 bits per heavy atom. The van der Waals surface area contributed by atoms with Gasteiger partial charge in [0.25, 0.3) is 0 Å². The summed E-state index contributed by atoms with van der Waals surface area (Å²) in [4.78, 5) is 26.2. The third kappa shape index (κ3) is 3.48. The largest absolute Gasteiger partial charge is 0.383 e. The van der Waals surface area contributed by atoms with Crippen LogP contribution in [0.5, 0.6) is 0 Å². The van der Waals surface area contributed by atoms with E-state index in [2.05, 4.69) is 9.55 Å². The number of methoxy groups -OCH3 is 1. The summed E-state index contributed by atoms with van der Waals surface area (Å²) in [5, 5.41) is 10.6. The molecule has 8 nitrogen and oxygen atoms in total. The number of Topliss-reactive ketones (excluding diaryl/α,β-unsaturated/α-hetero) is 1. The van der Waals surface area contributed by atoms with Crippen LogP contribution in [0.2, 0.25) is 0 Å². The quantitative estimate of drug-likeness (QED) is 0.443. The van der Waals surface area contributed by atoms with Gasteiger partial charge in [-0.25, -0.2) is 0 Å². The van der Waals surface area contributed by atoms with Crippen LogP contribution in [0.25, 0.3) is 0 Å². The fourth-order valence-corrected chi connectivity index (χ4v) is 2.83. The van der Waals surface area contributed by atoms with E-state index in [0.717, 1.165) is 11.4 Å². The van der Waals surface area contributed by atoms with Gasteiger partial charge in [-0.15, -0.1) is 0 Å². The minimum absolute atomic E-state index is 0.0177. The SMILES string of the molecule is COCC(C)n1c(C)cc(C(=O)Cn2cnc([N+](=O)[O-])c2)c1C. The smallest absolute Gasteiger partial charge is 0.381 e. The van der Waals surface area contributed by atoms with E-state index in [1.165, 1.54) is 17.1 Å². The molecule has 0 aliphatic heterocycles. The molecule has 23 heavy (non-hydrogen) atoms. The predicted octanol–water partition coefficient (Wildman–Crippen LogP) is 2.30. The number of nitro groups is 1. The fourth-order valence-electron chi connectivity index (χ4n) is 2.83. The monoisotopic (exact) mass is 320 g/mol. The highest BCUT2D eigenvalue weighted by Gasteiger charge is 2.20. The molecule has 124 valence electrons. The van der Waals surface area contributed by atoms with Gasteiger partial charge in [0.15, 0.2) is 5.78 Å². The Morgan fingerprint density at radius 3 is 2.74 bits per heavy atom. The number of carbonyl (C=O) groups is 1. The lowest BCUT2D eigenvalue weighted by molar-refractivity contribution is -0.389. The maximum Gasteiger partial charge on any atom is 0.381 e. The van der Waals surface area contributed by atoms with Crippen LogP contribution in [0.15, 0.2) is 18.6 Å². The van der Waals surface area contributed by atoms with E-state index in [-0.39, 0.29) is 24.2 Å². The molecule has 0 aliphatic carbocycles. The third-order valence-corrected chi connectivity index (χ3v) is 3.77. The number of hydrogen-bond donors (Lipinski definition) is 0. The second-order valence-corrected chi connectivity index (χ2v) is 5.54. The molecular formula is C15H20N4O4. The van der Waals surface area contributed by atoms with Crippen LogP contribution in [0.1, 0.15) is 34.7 Å². The van der Waals surface area contributed by atoms with Crippen LogP contribution in [0, 0.1) is 24.0 Å². The Balaban J connectivity index is 2.22. The standard InChI is InChI=1S/C15H20N4O4/c1-10-5-13(12(3)18(10)11(2)8-23-4)14(20)6-17-7-15(16-9-17)19(21)22/h5,7,9,11H,6,8H2,1-4H3. The molecule has 0 bridgehead atoms. The Hall–Kier alpha value is -2.48. The molecule has 0 spiro atoms. The molecule has 0 amide bonds. The average Bonchev–Trinajstić information content (AvgIpc) is 3.04. The van der Waals surface area contributed by atoms with E-state index in [9.17, 15) is 14.9 Å². The van der Waals surface area contributed by atoms with Gasteiger partial charge >= 0.3 is 5.82 Å². The first kappa shape index (κ1) is 16.9. The van der Waals surface area contributed by atoms with Gasteiger partial charge in [-0.3, -0.25) is 4.79 Å². The molecule has 2 aromatic heterocycles. The van der Waals surface area contributed by atoms with Crippen molar-refractivity contribution in [3.05, 3.63) is 45.7 Å². The lowest BCUT2D eigenvalue weighted by Crippen LogP contribution is -2.15. The summed E-state index contributed by atoms with van der Waals surface area (Å²) in [6, 6.07) is 1.96. The molecule has 0 N–H and O–H groups in total. The van der Waals surface area contributed by atoms with Crippen molar-refractivity contribution in [1.29, 1.82) is 0 Å². The van der Waals surface area contributed by atoms with Gasteiger partial charge in [-0.1, -0.05) is 0 Å². The Bertz CT molecular complexity index is 732. The fraction of sp³-hybridized carbons (Fsp3) is 0.467. The van der Waals surface area contributed by atoms with Gasteiger partial charge in [-0.2, -0.15) is 0 Å². The van der Waals surface area contributed by atoms with Gasteiger partial charge in [0, 0.05) is 24.1 Å². The second kappa shape index (κ2) is 6.74. The molecule has 0 radical (unpaired) electrons. The van der Waals surface area contributed by atoms with Gasteiger partial charge in [0.1, 0.15) is 6.20 Å². The molecule has 8 heteroatoms. The number of hydrogen-bond acceptors (Lipinski definition) is 5. The van der Waals surface area contributed by atoms with Crippen molar-refractivity contribution in [2.45, 2.75) is 33.4 Å². The molecule has 0 saturated carbocycles. The first-order chi connectivity index (χ1) is 10.8. The lowest BCUT2D eigenvalue weighted by Gasteiger charge is -2.17.